The van der Waals surface area contributed by atoms with Crippen LogP contribution in [0.25, 0.3) is 0 Å². The highest BCUT2D eigenvalue weighted by molar-refractivity contribution is 5.89. The first-order chi connectivity index (χ1) is 11.0. The topological polar surface area (TPSA) is 66.8 Å². The molecule has 2 aliphatic heterocycles. The summed E-state index contributed by atoms with van der Waals surface area (Å²) in [4.78, 5) is 26.2. The van der Waals surface area contributed by atoms with Gasteiger partial charge in [0.15, 0.2) is 0 Å². The minimum absolute atomic E-state index is 0.0633. The van der Waals surface area contributed by atoms with E-state index in [1.165, 1.54) is 0 Å². The van der Waals surface area contributed by atoms with Crippen molar-refractivity contribution in [3.63, 3.8) is 0 Å². The van der Waals surface area contributed by atoms with Crippen LogP contribution in [0.1, 0.15) is 30.4 Å². The predicted octanol–water partition coefficient (Wildman–Crippen LogP) is 1.98. The first-order valence-electron chi connectivity index (χ1n) is 8.20. The van der Waals surface area contributed by atoms with Crippen molar-refractivity contribution in [2.75, 3.05) is 26.3 Å². The number of carbonyl (C=O) groups excluding carboxylic acids is 1. The van der Waals surface area contributed by atoms with Crippen molar-refractivity contribution in [2.45, 2.75) is 31.6 Å². The number of likely N-dealkylation sites (tertiary alicyclic amines) is 1. The van der Waals surface area contributed by atoms with E-state index in [1.54, 1.807) is 4.90 Å². The maximum absolute atomic E-state index is 13.3. The minimum Gasteiger partial charge on any atom is -0.481 e. The number of ether oxygens (including phenoxy) is 1. The van der Waals surface area contributed by atoms with Crippen LogP contribution in [0.15, 0.2) is 24.3 Å². The molecule has 5 nitrogen and oxygen atoms in total. The highest BCUT2D eigenvalue weighted by atomic mass is 16.5. The Balaban J connectivity index is 1.88. The molecule has 0 aliphatic carbocycles. The van der Waals surface area contributed by atoms with Crippen LogP contribution < -0.4 is 0 Å². The molecule has 2 saturated heterocycles. The number of carboxylic acid groups (broad SMARTS) is 1. The third-order valence-corrected chi connectivity index (χ3v) is 5.18. The molecule has 1 aromatic rings. The summed E-state index contributed by atoms with van der Waals surface area (Å²) in [5.74, 6) is -1.18. The molecule has 0 saturated carbocycles. The van der Waals surface area contributed by atoms with E-state index in [0.29, 0.717) is 45.6 Å². The molecule has 2 aliphatic rings. The van der Waals surface area contributed by atoms with E-state index >= 15 is 0 Å². The van der Waals surface area contributed by atoms with Crippen LogP contribution in [0.4, 0.5) is 0 Å². The van der Waals surface area contributed by atoms with Crippen LogP contribution in [0, 0.1) is 12.8 Å². The average Bonchev–Trinajstić information content (AvgIpc) is 3.05. The number of hydrogen-bond acceptors (Lipinski definition) is 3. The van der Waals surface area contributed by atoms with E-state index in [4.69, 9.17) is 4.74 Å². The number of hydrogen-bond donors (Lipinski definition) is 1. The number of amides is 1. The maximum Gasteiger partial charge on any atom is 0.308 e. The van der Waals surface area contributed by atoms with Gasteiger partial charge in [-0.2, -0.15) is 0 Å². The third-order valence-electron chi connectivity index (χ3n) is 5.18. The first kappa shape index (κ1) is 16.0. The van der Waals surface area contributed by atoms with Crippen molar-refractivity contribution < 1.29 is 19.4 Å². The monoisotopic (exact) mass is 317 g/mol. The summed E-state index contributed by atoms with van der Waals surface area (Å²) >= 11 is 0. The van der Waals surface area contributed by atoms with Gasteiger partial charge in [0.05, 0.1) is 11.3 Å². The summed E-state index contributed by atoms with van der Waals surface area (Å²) in [5, 5.41) is 9.18. The molecule has 2 fully saturated rings. The molecule has 0 aromatic heterocycles. The smallest absolute Gasteiger partial charge is 0.308 e. The SMILES string of the molecule is Cc1ccc(C2(C(=O)N3CCC(C(=O)O)C3)CCOCC2)cc1. The Labute approximate surface area is 136 Å². The van der Waals surface area contributed by atoms with E-state index < -0.39 is 17.3 Å². The van der Waals surface area contributed by atoms with E-state index in [2.05, 4.69) is 0 Å². The number of aliphatic carboxylic acids is 1. The van der Waals surface area contributed by atoms with Gasteiger partial charge in [0.2, 0.25) is 5.91 Å². The van der Waals surface area contributed by atoms with E-state index in [9.17, 15) is 14.7 Å². The van der Waals surface area contributed by atoms with Gasteiger partial charge in [-0.3, -0.25) is 9.59 Å². The molecule has 2 heterocycles. The number of aryl methyl sites for hydroxylation is 1. The predicted molar refractivity (Wildman–Crippen MR) is 85.2 cm³/mol. The fourth-order valence-electron chi connectivity index (χ4n) is 3.67. The van der Waals surface area contributed by atoms with Gasteiger partial charge in [0, 0.05) is 26.3 Å². The molecular formula is C18H23NO4. The first-order valence-corrected chi connectivity index (χ1v) is 8.20. The summed E-state index contributed by atoms with van der Waals surface area (Å²) in [6.45, 7) is 4.01. The molecule has 23 heavy (non-hydrogen) atoms. The Kier molecular flexibility index (Phi) is 4.39. The highest BCUT2D eigenvalue weighted by Gasteiger charge is 2.46. The number of benzene rings is 1. The summed E-state index contributed by atoms with van der Waals surface area (Å²) in [5.41, 5.74) is 1.62. The molecule has 124 valence electrons. The second-order valence-electron chi connectivity index (χ2n) is 6.64. The largest absolute Gasteiger partial charge is 0.481 e. The number of nitrogens with zero attached hydrogens (tertiary/aromatic N) is 1. The van der Waals surface area contributed by atoms with Gasteiger partial charge < -0.3 is 14.7 Å². The lowest BCUT2D eigenvalue weighted by atomic mass is 9.73. The Morgan fingerprint density at radius 3 is 2.43 bits per heavy atom. The zero-order valence-corrected chi connectivity index (χ0v) is 13.5. The van der Waals surface area contributed by atoms with E-state index in [0.717, 1.165) is 11.1 Å². The van der Waals surface area contributed by atoms with Gasteiger partial charge in [-0.05, 0) is 31.7 Å². The fourth-order valence-corrected chi connectivity index (χ4v) is 3.67. The van der Waals surface area contributed by atoms with Crippen molar-refractivity contribution in [1.29, 1.82) is 0 Å². The van der Waals surface area contributed by atoms with Crippen LogP contribution in [0.2, 0.25) is 0 Å². The summed E-state index contributed by atoms with van der Waals surface area (Å²) < 4.78 is 5.48. The van der Waals surface area contributed by atoms with Crippen molar-refractivity contribution in [3.8, 4) is 0 Å². The van der Waals surface area contributed by atoms with Crippen LogP contribution in [-0.4, -0.2) is 48.2 Å². The lowest BCUT2D eigenvalue weighted by Crippen LogP contribution is -2.49. The standard InChI is InChI=1S/C18H23NO4/c1-13-2-4-15(5-3-13)18(7-10-23-11-8-18)17(22)19-9-6-14(12-19)16(20)21/h2-5,14H,6-12H2,1H3,(H,20,21). The molecule has 0 spiro atoms. The van der Waals surface area contributed by atoms with Gasteiger partial charge in [0.25, 0.3) is 0 Å². The fraction of sp³-hybridized carbons (Fsp3) is 0.556. The Morgan fingerprint density at radius 2 is 1.87 bits per heavy atom. The lowest BCUT2D eigenvalue weighted by molar-refractivity contribution is -0.143. The van der Waals surface area contributed by atoms with E-state index in [1.807, 2.05) is 31.2 Å². The zero-order valence-electron chi connectivity index (χ0n) is 13.5. The maximum atomic E-state index is 13.3. The lowest BCUT2D eigenvalue weighted by Gasteiger charge is -2.39. The number of carboxylic acids is 1. The van der Waals surface area contributed by atoms with Crippen molar-refractivity contribution in [3.05, 3.63) is 35.4 Å². The Bertz CT molecular complexity index is 590. The van der Waals surface area contributed by atoms with Crippen LogP contribution in [0.3, 0.4) is 0 Å². The molecule has 1 amide bonds. The molecular weight excluding hydrogens is 294 g/mol. The van der Waals surface area contributed by atoms with Gasteiger partial charge >= 0.3 is 5.97 Å². The second-order valence-corrected chi connectivity index (χ2v) is 6.64. The normalized spacial score (nSPS) is 23.7. The van der Waals surface area contributed by atoms with Crippen molar-refractivity contribution >= 4 is 11.9 Å². The average molecular weight is 317 g/mol. The van der Waals surface area contributed by atoms with Crippen molar-refractivity contribution in [2.24, 2.45) is 5.92 Å². The van der Waals surface area contributed by atoms with Crippen LogP contribution >= 0.6 is 0 Å². The van der Waals surface area contributed by atoms with Gasteiger partial charge in [-0.15, -0.1) is 0 Å². The third kappa shape index (κ3) is 2.98. The van der Waals surface area contributed by atoms with Crippen LogP contribution in [-0.2, 0) is 19.7 Å². The molecule has 0 radical (unpaired) electrons. The Hall–Kier alpha value is -1.88. The molecule has 1 unspecified atom stereocenters. The quantitative estimate of drug-likeness (QED) is 0.925. The molecule has 1 atom stereocenters. The highest BCUT2D eigenvalue weighted by Crippen LogP contribution is 2.38. The molecule has 5 heteroatoms. The van der Waals surface area contributed by atoms with Gasteiger partial charge in [-0.1, -0.05) is 29.8 Å². The molecule has 3 rings (SSSR count). The Morgan fingerprint density at radius 1 is 1.22 bits per heavy atom. The summed E-state index contributed by atoms with van der Waals surface area (Å²) in [6.07, 6.45) is 1.85. The zero-order chi connectivity index (χ0) is 16.4. The van der Waals surface area contributed by atoms with E-state index in [-0.39, 0.29) is 5.91 Å². The molecule has 1 N–H and O–H groups in total. The van der Waals surface area contributed by atoms with Crippen molar-refractivity contribution in [1.82, 2.24) is 4.90 Å². The minimum atomic E-state index is -0.809. The molecule has 1 aromatic carbocycles. The second kappa shape index (κ2) is 6.32. The van der Waals surface area contributed by atoms with Gasteiger partial charge in [-0.25, -0.2) is 0 Å². The summed E-state index contributed by atoms with van der Waals surface area (Å²) in [6, 6.07) is 8.13. The number of carbonyl (C=O) groups is 2. The summed E-state index contributed by atoms with van der Waals surface area (Å²) in [7, 11) is 0. The molecule has 0 bridgehead atoms. The van der Waals surface area contributed by atoms with Crippen LogP contribution in [0.5, 0.6) is 0 Å². The number of rotatable bonds is 3. The van der Waals surface area contributed by atoms with Gasteiger partial charge in [0.1, 0.15) is 0 Å².